The minimum atomic E-state index is -0.374. The molecule has 0 spiro atoms. The molecular formula is C58H58N6O4. The number of nitrogens with one attached hydrogen (secondary N) is 1. The van der Waals surface area contributed by atoms with Crippen molar-refractivity contribution in [1.82, 2.24) is 25.1 Å². The number of rotatable bonds is 21. The molecule has 0 fully saturated rings. The van der Waals surface area contributed by atoms with E-state index in [1.165, 1.54) is 4.90 Å². The van der Waals surface area contributed by atoms with Gasteiger partial charge in [-0.1, -0.05) is 114 Å². The topological polar surface area (TPSA) is 116 Å². The number of fused-ring (bicyclic) bond motifs is 2. The Labute approximate surface area is 397 Å². The summed E-state index contributed by atoms with van der Waals surface area (Å²) >= 11 is 0. The molecule has 10 heteroatoms. The Bertz CT molecular complexity index is 3020. The first kappa shape index (κ1) is 44.9. The predicted octanol–water partition coefficient (Wildman–Crippen LogP) is 12.0. The summed E-state index contributed by atoms with van der Waals surface area (Å²) in [5, 5.41) is 10.1. The maximum atomic E-state index is 14.6. The van der Waals surface area contributed by atoms with Gasteiger partial charge in [-0.3, -0.25) is 38.9 Å². The third kappa shape index (κ3) is 8.41. The molecular weight excluding hydrogens is 845 g/mol. The Morgan fingerprint density at radius 3 is 1.50 bits per heavy atom. The van der Waals surface area contributed by atoms with Crippen molar-refractivity contribution < 1.29 is 19.2 Å². The molecule has 10 rings (SSSR count). The van der Waals surface area contributed by atoms with Crippen LogP contribution in [0.4, 0.5) is 5.69 Å². The van der Waals surface area contributed by atoms with Crippen molar-refractivity contribution in [1.29, 1.82) is 0 Å². The van der Waals surface area contributed by atoms with Gasteiger partial charge >= 0.3 is 0 Å². The van der Waals surface area contributed by atoms with Crippen molar-refractivity contribution in [2.45, 2.75) is 104 Å². The van der Waals surface area contributed by atoms with Gasteiger partial charge in [-0.2, -0.15) is 0 Å². The zero-order chi connectivity index (χ0) is 46.7. The normalized spacial score (nSPS) is 13.8. The minimum Gasteiger partial charge on any atom is -0.310 e. The number of nitrogens with zero attached hydrogens (tertiary/aromatic N) is 5. The second kappa shape index (κ2) is 19.8. The van der Waals surface area contributed by atoms with E-state index in [2.05, 4.69) is 34.0 Å². The van der Waals surface area contributed by atoms with E-state index in [4.69, 9.17) is 0 Å². The maximum Gasteiger partial charge on any atom is 0.265 e. The van der Waals surface area contributed by atoms with Crippen LogP contribution in [0, 0.1) is 0 Å². The van der Waals surface area contributed by atoms with Crippen molar-refractivity contribution in [2.24, 2.45) is 0 Å². The van der Waals surface area contributed by atoms with Crippen LogP contribution in [0.25, 0.3) is 43.1 Å². The molecule has 0 saturated carbocycles. The van der Waals surface area contributed by atoms with Crippen LogP contribution < -0.4 is 10.2 Å². The summed E-state index contributed by atoms with van der Waals surface area (Å²) in [6.45, 7) is 7.91. The highest BCUT2D eigenvalue weighted by Crippen LogP contribution is 2.47. The molecule has 0 bridgehead atoms. The Balaban J connectivity index is 0.935. The lowest BCUT2D eigenvalue weighted by Crippen LogP contribution is -2.47. The first-order chi connectivity index (χ1) is 33.4. The lowest BCUT2D eigenvalue weighted by molar-refractivity contribution is 0.0516. The molecule has 2 aliphatic rings. The number of pyridine rings is 2. The summed E-state index contributed by atoms with van der Waals surface area (Å²) in [5.74, 6) is -1.18. The molecule has 10 nitrogen and oxygen atoms in total. The fraction of sp³-hybridized carbons (Fsp3) is 0.310. The lowest BCUT2D eigenvalue weighted by Gasteiger charge is -2.35. The summed E-state index contributed by atoms with van der Waals surface area (Å²) in [5.41, 5.74) is 5.56. The largest absolute Gasteiger partial charge is 0.310 e. The first-order valence-corrected chi connectivity index (χ1v) is 24.6. The SMILES string of the molecule is CCCCCCC(CCCCCC)N1C(=O)c2ccc3c4ccc5c6c(ccc(c7ccc(c2c37)C1=O)c64)C(=O)N(c1ccc(CN(CCNCc2ccccn2)Cc2ccccn2)cc1)C5=O. The van der Waals surface area contributed by atoms with E-state index >= 15 is 0 Å². The van der Waals surface area contributed by atoms with Gasteiger partial charge in [0.2, 0.25) is 0 Å². The van der Waals surface area contributed by atoms with Crippen LogP contribution in [0.3, 0.4) is 0 Å². The molecule has 6 aromatic carbocycles. The Morgan fingerprint density at radius 1 is 0.515 bits per heavy atom. The van der Waals surface area contributed by atoms with Crippen LogP contribution in [0.5, 0.6) is 0 Å². The number of amides is 4. The molecule has 8 aromatic rings. The number of aromatic nitrogens is 2. The number of unbranched alkanes of at least 4 members (excludes halogenated alkanes) is 6. The van der Waals surface area contributed by atoms with E-state index in [9.17, 15) is 19.2 Å². The third-order valence-corrected chi connectivity index (χ3v) is 14.2. The summed E-state index contributed by atoms with van der Waals surface area (Å²) in [4.78, 5) is 72.6. The Hall–Kier alpha value is -6.88. The number of hydrogen-bond acceptors (Lipinski definition) is 8. The molecule has 2 aliphatic heterocycles. The maximum absolute atomic E-state index is 14.6. The van der Waals surface area contributed by atoms with Crippen molar-refractivity contribution in [3.8, 4) is 0 Å². The number of anilines is 1. The number of imide groups is 2. The molecule has 0 unspecified atom stereocenters. The predicted molar refractivity (Wildman–Crippen MR) is 271 cm³/mol. The average molecular weight is 903 g/mol. The first-order valence-electron chi connectivity index (χ1n) is 24.6. The molecule has 2 aromatic heterocycles. The fourth-order valence-electron chi connectivity index (χ4n) is 10.8. The fourth-order valence-corrected chi connectivity index (χ4v) is 10.8. The zero-order valence-corrected chi connectivity index (χ0v) is 39.1. The average Bonchev–Trinajstić information content (AvgIpc) is 3.36. The van der Waals surface area contributed by atoms with Crippen LogP contribution in [0.15, 0.2) is 122 Å². The highest BCUT2D eigenvalue weighted by atomic mass is 16.2. The van der Waals surface area contributed by atoms with Gasteiger partial charge in [0, 0.05) is 84.2 Å². The highest BCUT2D eigenvalue weighted by Gasteiger charge is 2.39. The molecule has 0 radical (unpaired) electrons. The van der Waals surface area contributed by atoms with Crippen molar-refractivity contribution in [2.75, 3.05) is 18.0 Å². The second-order valence-electron chi connectivity index (χ2n) is 18.6. The van der Waals surface area contributed by atoms with Crippen LogP contribution in [0.2, 0.25) is 0 Å². The van der Waals surface area contributed by atoms with Gasteiger partial charge in [-0.15, -0.1) is 0 Å². The van der Waals surface area contributed by atoms with Gasteiger partial charge in [0.05, 0.1) is 17.1 Å². The van der Waals surface area contributed by atoms with Gasteiger partial charge in [0.1, 0.15) is 0 Å². The highest BCUT2D eigenvalue weighted by molar-refractivity contribution is 6.43. The Morgan fingerprint density at radius 2 is 1.01 bits per heavy atom. The molecule has 68 heavy (non-hydrogen) atoms. The molecule has 0 atom stereocenters. The van der Waals surface area contributed by atoms with Gasteiger partial charge in [0.15, 0.2) is 0 Å². The number of hydrogen-bond donors (Lipinski definition) is 1. The standard InChI is InChI=1S/C58H58N6O4/c1-3-5-7-9-17-41(18-10-8-6-4-2)63-55(65)47-27-23-43-45-25-29-49-54-50(30-26-46(52(45)54)44-24-28-48(56(63)66)53(47)51(43)44)58(68)64(57(49)67)42-21-19-38(20-22-42)36-62(37-40-16-12-14-32-61-40)34-33-59-35-39-15-11-13-31-60-39/h11-16,19-32,41,59H,3-10,17-18,33-37H2,1-2H3. The Kier molecular flexibility index (Phi) is 13.1. The molecule has 0 saturated heterocycles. The monoisotopic (exact) mass is 902 g/mol. The van der Waals surface area contributed by atoms with Gasteiger partial charge in [-0.25, -0.2) is 4.90 Å². The quantitative estimate of drug-likeness (QED) is 0.0328. The summed E-state index contributed by atoms with van der Waals surface area (Å²) < 4.78 is 0. The van der Waals surface area contributed by atoms with Gasteiger partial charge in [-0.05, 0) is 111 Å². The van der Waals surface area contributed by atoms with Crippen LogP contribution in [0.1, 0.15) is 136 Å². The second-order valence-corrected chi connectivity index (χ2v) is 18.6. The van der Waals surface area contributed by atoms with Gasteiger partial charge in [0.25, 0.3) is 23.6 Å². The molecule has 0 aliphatic carbocycles. The number of carbonyl (C=O) groups excluding carboxylic acids is 4. The van der Waals surface area contributed by atoms with E-state index < -0.39 is 0 Å². The third-order valence-electron chi connectivity index (χ3n) is 14.2. The minimum absolute atomic E-state index is 0.141. The number of carbonyl (C=O) groups is 4. The van der Waals surface area contributed by atoms with E-state index in [1.807, 2.05) is 115 Å². The van der Waals surface area contributed by atoms with E-state index in [0.717, 1.165) is 127 Å². The van der Waals surface area contributed by atoms with E-state index in [0.29, 0.717) is 58.3 Å². The molecule has 344 valence electrons. The van der Waals surface area contributed by atoms with Crippen LogP contribution in [-0.4, -0.2) is 62.5 Å². The van der Waals surface area contributed by atoms with Crippen molar-refractivity contribution in [3.63, 3.8) is 0 Å². The van der Waals surface area contributed by atoms with Gasteiger partial charge < -0.3 is 5.32 Å². The van der Waals surface area contributed by atoms with E-state index in [1.54, 1.807) is 11.1 Å². The van der Waals surface area contributed by atoms with Crippen LogP contribution >= 0.6 is 0 Å². The zero-order valence-electron chi connectivity index (χ0n) is 39.1. The van der Waals surface area contributed by atoms with Crippen LogP contribution in [-0.2, 0) is 19.6 Å². The summed E-state index contributed by atoms with van der Waals surface area (Å²) in [6.07, 6.45) is 14.0. The van der Waals surface area contributed by atoms with Crippen molar-refractivity contribution >= 4 is 72.4 Å². The lowest BCUT2D eigenvalue weighted by atomic mass is 9.82. The van der Waals surface area contributed by atoms with Crippen molar-refractivity contribution in [3.05, 3.63) is 161 Å². The summed E-state index contributed by atoms with van der Waals surface area (Å²) in [7, 11) is 0. The summed E-state index contributed by atoms with van der Waals surface area (Å²) in [6, 6.07) is 34.8. The smallest absolute Gasteiger partial charge is 0.265 e. The molecule has 4 amide bonds. The number of benzene rings is 6. The molecule has 4 heterocycles. The van der Waals surface area contributed by atoms with E-state index in [-0.39, 0.29) is 29.7 Å². The molecule has 1 N–H and O–H groups in total.